The van der Waals surface area contributed by atoms with E-state index < -0.39 is 10.0 Å². The summed E-state index contributed by atoms with van der Waals surface area (Å²) in [5, 5.41) is 2.93. The first kappa shape index (κ1) is 21.7. The van der Waals surface area contributed by atoms with Crippen LogP contribution in [-0.4, -0.2) is 45.4 Å². The largest absolute Gasteiger partial charge is 0.495 e. The predicted molar refractivity (Wildman–Crippen MR) is 106 cm³/mol. The molecule has 1 saturated heterocycles. The zero-order valence-electron chi connectivity index (χ0n) is 16.8. The first-order chi connectivity index (χ1) is 12.8. The number of nitrogens with one attached hydrogen (secondary N) is 1. The Bertz CT molecular complexity index is 746. The Morgan fingerprint density at radius 1 is 1.37 bits per heavy atom. The van der Waals surface area contributed by atoms with Crippen molar-refractivity contribution < 1.29 is 17.9 Å². The number of carbonyl (C=O) groups excluding carboxylic acids is 1. The number of sulfonamides is 1. The summed E-state index contributed by atoms with van der Waals surface area (Å²) in [5.74, 6) is 0.202. The first-order valence-electron chi connectivity index (χ1n) is 9.77. The molecule has 0 aromatic heterocycles. The van der Waals surface area contributed by atoms with Crippen LogP contribution in [0.15, 0.2) is 23.1 Å². The van der Waals surface area contributed by atoms with Gasteiger partial charge in [-0.2, -0.15) is 4.31 Å². The average molecular weight is 397 g/mol. The molecule has 1 heterocycles. The summed E-state index contributed by atoms with van der Waals surface area (Å²) < 4.78 is 33.3. The van der Waals surface area contributed by atoms with E-state index in [0.29, 0.717) is 31.7 Å². The standard InChI is InChI=1S/C20H32N2O4S/c1-5-6-11-21-20(23)17-8-7-12-22(14-17)27(24,25)19-13-16(15(2)3)9-10-18(19)26-4/h9-10,13,15,17H,5-8,11-12,14H2,1-4H3,(H,21,23)/t17-/m0/s1. The van der Waals surface area contributed by atoms with Gasteiger partial charge in [0.1, 0.15) is 10.6 Å². The fourth-order valence-corrected chi connectivity index (χ4v) is 5.01. The van der Waals surface area contributed by atoms with Crippen molar-refractivity contribution in [1.82, 2.24) is 9.62 Å². The number of unbranched alkanes of at least 4 members (excludes halogenated alkanes) is 1. The molecule has 27 heavy (non-hydrogen) atoms. The van der Waals surface area contributed by atoms with Gasteiger partial charge in [0, 0.05) is 19.6 Å². The lowest BCUT2D eigenvalue weighted by Crippen LogP contribution is -2.45. The molecule has 1 aromatic carbocycles. The van der Waals surface area contributed by atoms with E-state index in [2.05, 4.69) is 12.2 Å². The summed E-state index contributed by atoms with van der Waals surface area (Å²) in [6.07, 6.45) is 3.33. The predicted octanol–water partition coefficient (Wildman–Crippen LogP) is 3.14. The fourth-order valence-electron chi connectivity index (χ4n) is 3.30. The molecule has 0 aliphatic carbocycles. The van der Waals surface area contributed by atoms with E-state index in [1.807, 2.05) is 19.9 Å². The van der Waals surface area contributed by atoms with Gasteiger partial charge in [0.25, 0.3) is 0 Å². The molecule has 7 heteroatoms. The summed E-state index contributed by atoms with van der Waals surface area (Å²) in [6, 6.07) is 5.30. The third-order valence-corrected chi connectivity index (χ3v) is 6.94. The van der Waals surface area contributed by atoms with E-state index in [1.54, 1.807) is 12.1 Å². The van der Waals surface area contributed by atoms with Crippen LogP contribution in [-0.2, 0) is 14.8 Å². The Kier molecular flexibility index (Phi) is 7.68. The number of piperidine rings is 1. The lowest BCUT2D eigenvalue weighted by molar-refractivity contribution is -0.126. The maximum atomic E-state index is 13.3. The third kappa shape index (κ3) is 5.23. The van der Waals surface area contributed by atoms with Crippen LogP contribution in [0.2, 0.25) is 0 Å². The molecule has 0 unspecified atom stereocenters. The Morgan fingerprint density at radius 2 is 2.11 bits per heavy atom. The summed E-state index contributed by atoms with van der Waals surface area (Å²) in [6.45, 7) is 7.40. The molecule has 2 rings (SSSR count). The number of carbonyl (C=O) groups is 1. The van der Waals surface area contributed by atoms with Crippen molar-refractivity contribution in [2.24, 2.45) is 5.92 Å². The van der Waals surface area contributed by atoms with Crippen LogP contribution < -0.4 is 10.1 Å². The van der Waals surface area contributed by atoms with Crippen LogP contribution in [0.1, 0.15) is 57.9 Å². The van der Waals surface area contributed by atoms with Crippen LogP contribution in [0.25, 0.3) is 0 Å². The van der Waals surface area contributed by atoms with Crippen LogP contribution in [0.3, 0.4) is 0 Å². The van der Waals surface area contributed by atoms with Gasteiger partial charge in [0.05, 0.1) is 13.0 Å². The second-order valence-electron chi connectivity index (χ2n) is 7.41. The smallest absolute Gasteiger partial charge is 0.246 e. The van der Waals surface area contributed by atoms with E-state index in [-0.39, 0.29) is 29.2 Å². The molecule has 152 valence electrons. The molecule has 1 aliphatic heterocycles. The molecule has 1 aromatic rings. The molecule has 0 spiro atoms. The average Bonchev–Trinajstić information content (AvgIpc) is 2.67. The number of hydrogen-bond donors (Lipinski definition) is 1. The van der Waals surface area contributed by atoms with E-state index in [0.717, 1.165) is 18.4 Å². The molecule has 0 bridgehead atoms. The minimum atomic E-state index is -3.72. The SMILES string of the molecule is CCCCNC(=O)[C@H]1CCCN(S(=O)(=O)c2cc(C(C)C)ccc2OC)C1. The molecular formula is C20H32N2O4S. The Morgan fingerprint density at radius 3 is 2.74 bits per heavy atom. The molecule has 0 saturated carbocycles. The molecule has 1 aliphatic rings. The Balaban J connectivity index is 2.23. The molecule has 0 radical (unpaired) electrons. The fraction of sp³-hybridized carbons (Fsp3) is 0.650. The first-order valence-corrected chi connectivity index (χ1v) is 11.2. The monoisotopic (exact) mass is 396 g/mol. The number of methoxy groups -OCH3 is 1. The van der Waals surface area contributed by atoms with Crippen molar-refractivity contribution in [3.8, 4) is 5.75 Å². The minimum Gasteiger partial charge on any atom is -0.495 e. The highest BCUT2D eigenvalue weighted by Crippen LogP contribution is 2.32. The van der Waals surface area contributed by atoms with Gasteiger partial charge in [-0.1, -0.05) is 33.3 Å². The molecule has 1 fully saturated rings. The molecule has 1 atom stereocenters. The lowest BCUT2D eigenvalue weighted by Gasteiger charge is -2.31. The number of benzene rings is 1. The second kappa shape index (κ2) is 9.55. The minimum absolute atomic E-state index is 0.0498. The van der Waals surface area contributed by atoms with Crippen molar-refractivity contribution in [3.63, 3.8) is 0 Å². The highest BCUT2D eigenvalue weighted by Gasteiger charge is 2.35. The quantitative estimate of drug-likeness (QED) is 0.685. The van der Waals surface area contributed by atoms with Crippen molar-refractivity contribution in [3.05, 3.63) is 23.8 Å². The lowest BCUT2D eigenvalue weighted by atomic mass is 9.99. The van der Waals surface area contributed by atoms with Gasteiger partial charge in [-0.15, -0.1) is 0 Å². The topological polar surface area (TPSA) is 75.7 Å². The maximum absolute atomic E-state index is 13.3. The molecule has 6 nitrogen and oxygen atoms in total. The van der Waals surface area contributed by atoms with Crippen LogP contribution >= 0.6 is 0 Å². The molecule has 1 amide bonds. The summed E-state index contributed by atoms with van der Waals surface area (Å²) >= 11 is 0. The van der Waals surface area contributed by atoms with E-state index in [4.69, 9.17) is 4.74 Å². The summed E-state index contributed by atoms with van der Waals surface area (Å²) in [5.41, 5.74) is 0.945. The van der Waals surface area contributed by atoms with Gasteiger partial charge in [-0.3, -0.25) is 4.79 Å². The van der Waals surface area contributed by atoms with Crippen LogP contribution in [0.5, 0.6) is 5.75 Å². The van der Waals surface area contributed by atoms with Crippen LogP contribution in [0.4, 0.5) is 0 Å². The van der Waals surface area contributed by atoms with E-state index in [1.165, 1.54) is 11.4 Å². The second-order valence-corrected chi connectivity index (χ2v) is 9.32. The zero-order valence-corrected chi connectivity index (χ0v) is 17.6. The number of amides is 1. The number of rotatable bonds is 8. The van der Waals surface area contributed by atoms with Crippen molar-refractivity contribution >= 4 is 15.9 Å². The van der Waals surface area contributed by atoms with Crippen molar-refractivity contribution in [2.75, 3.05) is 26.7 Å². The van der Waals surface area contributed by atoms with Crippen molar-refractivity contribution in [1.29, 1.82) is 0 Å². The number of hydrogen-bond acceptors (Lipinski definition) is 4. The molecular weight excluding hydrogens is 364 g/mol. The van der Waals surface area contributed by atoms with Gasteiger partial charge in [-0.05, 0) is 42.9 Å². The van der Waals surface area contributed by atoms with E-state index >= 15 is 0 Å². The molecule has 1 N–H and O–H groups in total. The highest BCUT2D eigenvalue weighted by atomic mass is 32.2. The summed E-state index contributed by atoms with van der Waals surface area (Å²) in [7, 11) is -2.25. The van der Waals surface area contributed by atoms with Gasteiger partial charge in [0.15, 0.2) is 0 Å². The van der Waals surface area contributed by atoms with Crippen molar-refractivity contribution in [2.45, 2.75) is 57.3 Å². The van der Waals surface area contributed by atoms with Gasteiger partial charge < -0.3 is 10.1 Å². The van der Waals surface area contributed by atoms with Crippen LogP contribution in [0, 0.1) is 5.92 Å². The Hall–Kier alpha value is -1.60. The van der Waals surface area contributed by atoms with Gasteiger partial charge >= 0.3 is 0 Å². The number of nitrogens with zero attached hydrogens (tertiary/aromatic N) is 1. The normalized spacial score (nSPS) is 18.5. The zero-order chi connectivity index (χ0) is 20.0. The highest BCUT2D eigenvalue weighted by molar-refractivity contribution is 7.89. The van der Waals surface area contributed by atoms with Gasteiger partial charge in [0.2, 0.25) is 15.9 Å². The van der Waals surface area contributed by atoms with Gasteiger partial charge in [-0.25, -0.2) is 8.42 Å². The Labute approximate surface area is 163 Å². The third-order valence-electron chi connectivity index (χ3n) is 5.06. The van der Waals surface area contributed by atoms with E-state index in [9.17, 15) is 13.2 Å². The number of ether oxygens (including phenoxy) is 1. The summed E-state index contributed by atoms with van der Waals surface area (Å²) in [4.78, 5) is 12.6. The maximum Gasteiger partial charge on any atom is 0.246 e.